The zero-order chi connectivity index (χ0) is 14.0. The molecule has 4 N–H and O–H groups in total. The van der Waals surface area contributed by atoms with Gasteiger partial charge in [0.15, 0.2) is 5.69 Å². The third-order valence-corrected chi connectivity index (χ3v) is 2.31. The predicted octanol–water partition coefficient (Wildman–Crippen LogP) is 0.736. The molecule has 0 radical (unpaired) electrons. The average Bonchev–Trinajstić information content (AvgIpc) is 2.71. The minimum atomic E-state index is -0.668. The van der Waals surface area contributed by atoms with Crippen molar-refractivity contribution in [3.8, 4) is 11.4 Å². The third-order valence-electron chi connectivity index (χ3n) is 2.31. The fraction of sp³-hybridized carbons (Fsp3) is 0.250. The highest BCUT2D eigenvalue weighted by atomic mass is 16.5. The molecule has 0 fully saturated rings. The summed E-state index contributed by atoms with van der Waals surface area (Å²) in [6.45, 7) is 3.84. The third kappa shape index (κ3) is 2.82. The summed E-state index contributed by atoms with van der Waals surface area (Å²) >= 11 is 0. The van der Waals surface area contributed by atoms with E-state index in [9.17, 15) is 4.79 Å². The molecule has 2 aromatic rings. The Morgan fingerprint density at radius 1 is 1.42 bits per heavy atom. The first-order chi connectivity index (χ1) is 8.97. The Balaban J connectivity index is 2.36. The first-order valence-corrected chi connectivity index (χ1v) is 5.74. The number of hydrogen-bond acceptors (Lipinski definition) is 5. The number of carbonyl (C=O) groups excluding carboxylic acids is 1. The number of nitrogens with zero attached hydrogens (tertiary/aromatic N) is 3. The van der Waals surface area contributed by atoms with Crippen LogP contribution >= 0.6 is 0 Å². The van der Waals surface area contributed by atoms with Crippen LogP contribution in [0.5, 0.6) is 5.75 Å². The zero-order valence-electron chi connectivity index (χ0n) is 10.7. The maximum atomic E-state index is 11.1. The molecule has 0 saturated heterocycles. The fourth-order valence-corrected chi connectivity index (χ4v) is 1.58. The average molecular weight is 261 g/mol. The zero-order valence-corrected chi connectivity index (χ0v) is 10.7. The quantitative estimate of drug-likeness (QED) is 0.843. The van der Waals surface area contributed by atoms with Gasteiger partial charge in [0.1, 0.15) is 5.75 Å². The second kappa shape index (κ2) is 4.97. The molecule has 0 bridgehead atoms. The number of primary amides is 1. The number of anilines is 1. The number of aromatic nitrogens is 3. The maximum Gasteiger partial charge on any atom is 0.271 e. The van der Waals surface area contributed by atoms with Crippen LogP contribution in [0.3, 0.4) is 0 Å². The Labute approximate surface area is 110 Å². The van der Waals surface area contributed by atoms with Gasteiger partial charge >= 0.3 is 0 Å². The van der Waals surface area contributed by atoms with Gasteiger partial charge in [-0.3, -0.25) is 9.78 Å². The molecule has 0 aromatic carbocycles. The van der Waals surface area contributed by atoms with Crippen molar-refractivity contribution < 1.29 is 9.53 Å². The van der Waals surface area contributed by atoms with Crippen LogP contribution in [0.2, 0.25) is 0 Å². The van der Waals surface area contributed by atoms with Gasteiger partial charge in [-0.1, -0.05) is 0 Å². The lowest BCUT2D eigenvalue weighted by atomic mass is 10.3. The molecule has 0 spiro atoms. The van der Waals surface area contributed by atoms with Crippen molar-refractivity contribution in [2.75, 3.05) is 5.73 Å². The number of ether oxygens (including phenoxy) is 1. The standard InChI is InChI=1S/C12H15N5O2/c1-7(2)19-9-3-8(4-15-5-9)17-6-10(13)11(16-17)12(14)18/h3-7H,13H2,1-2H3,(H2,14,18). The number of rotatable bonds is 4. The highest BCUT2D eigenvalue weighted by Crippen LogP contribution is 2.18. The molecule has 0 atom stereocenters. The molecule has 0 aliphatic carbocycles. The fourth-order valence-electron chi connectivity index (χ4n) is 1.58. The van der Waals surface area contributed by atoms with E-state index < -0.39 is 5.91 Å². The summed E-state index contributed by atoms with van der Waals surface area (Å²) in [6, 6.07) is 1.75. The molecule has 2 rings (SSSR count). The Morgan fingerprint density at radius 2 is 2.16 bits per heavy atom. The summed E-state index contributed by atoms with van der Waals surface area (Å²) in [5.41, 5.74) is 11.7. The van der Waals surface area contributed by atoms with Crippen molar-refractivity contribution in [2.24, 2.45) is 5.73 Å². The summed E-state index contributed by atoms with van der Waals surface area (Å²) < 4.78 is 6.97. The Kier molecular flexibility index (Phi) is 3.37. The molecular formula is C12H15N5O2. The van der Waals surface area contributed by atoms with Crippen molar-refractivity contribution >= 4 is 11.6 Å². The number of hydrogen-bond donors (Lipinski definition) is 2. The maximum absolute atomic E-state index is 11.1. The first-order valence-electron chi connectivity index (χ1n) is 5.74. The van der Waals surface area contributed by atoms with Gasteiger partial charge in [0, 0.05) is 6.07 Å². The lowest BCUT2D eigenvalue weighted by molar-refractivity contribution is 0.0996. The van der Waals surface area contributed by atoms with Crippen LogP contribution in [0.4, 0.5) is 5.69 Å². The van der Waals surface area contributed by atoms with Gasteiger partial charge in [0.05, 0.1) is 36.1 Å². The molecule has 0 unspecified atom stereocenters. The van der Waals surface area contributed by atoms with Crippen molar-refractivity contribution in [3.63, 3.8) is 0 Å². The number of amides is 1. The summed E-state index contributed by atoms with van der Waals surface area (Å²) in [5, 5.41) is 4.02. The lowest BCUT2D eigenvalue weighted by Crippen LogP contribution is -2.14. The summed E-state index contributed by atoms with van der Waals surface area (Å²) in [4.78, 5) is 15.2. The van der Waals surface area contributed by atoms with E-state index in [1.165, 1.54) is 10.9 Å². The minimum Gasteiger partial charge on any atom is -0.489 e. The molecule has 100 valence electrons. The van der Waals surface area contributed by atoms with Gasteiger partial charge in [0.2, 0.25) is 0 Å². The number of nitrogens with two attached hydrogens (primary N) is 2. The highest BCUT2D eigenvalue weighted by molar-refractivity contribution is 5.95. The Bertz CT molecular complexity index is 606. The van der Waals surface area contributed by atoms with Crippen molar-refractivity contribution in [3.05, 3.63) is 30.4 Å². The topological polar surface area (TPSA) is 109 Å². The second-order valence-corrected chi connectivity index (χ2v) is 4.29. The highest BCUT2D eigenvalue weighted by Gasteiger charge is 2.12. The molecule has 19 heavy (non-hydrogen) atoms. The van der Waals surface area contributed by atoms with Crippen LogP contribution in [-0.4, -0.2) is 26.8 Å². The lowest BCUT2D eigenvalue weighted by Gasteiger charge is -2.10. The molecule has 2 aromatic heterocycles. The molecule has 1 amide bonds. The molecule has 7 nitrogen and oxygen atoms in total. The van der Waals surface area contributed by atoms with E-state index in [4.69, 9.17) is 16.2 Å². The molecule has 0 saturated carbocycles. The van der Waals surface area contributed by atoms with Crippen molar-refractivity contribution in [1.29, 1.82) is 0 Å². The van der Waals surface area contributed by atoms with E-state index in [0.717, 1.165) is 0 Å². The van der Waals surface area contributed by atoms with Crippen LogP contribution < -0.4 is 16.2 Å². The Hall–Kier alpha value is -2.57. The van der Waals surface area contributed by atoms with E-state index in [2.05, 4.69) is 10.1 Å². The number of carbonyl (C=O) groups is 1. The van der Waals surface area contributed by atoms with Crippen LogP contribution in [0, 0.1) is 0 Å². The van der Waals surface area contributed by atoms with Gasteiger partial charge in [0.25, 0.3) is 5.91 Å². The predicted molar refractivity (Wildman–Crippen MR) is 70.1 cm³/mol. The smallest absolute Gasteiger partial charge is 0.271 e. The van der Waals surface area contributed by atoms with Gasteiger partial charge in [-0.05, 0) is 13.8 Å². The van der Waals surface area contributed by atoms with Gasteiger partial charge < -0.3 is 16.2 Å². The Morgan fingerprint density at radius 3 is 2.74 bits per heavy atom. The molecule has 0 aliphatic rings. The van der Waals surface area contributed by atoms with E-state index in [-0.39, 0.29) is 17.5 Å². The van der Waals surface area contributed by atoms with Gasteiger partial charge in [-0.15, -0.1) is 0 Å². The normalized spacial score (nSPS) is 10.7. The van der Waals surface area contributed by atoms with Crippen LogP contribution in [0.15, 0.2) is 24.7 Å². The molecular weight excluding hydrogens is 246 g/mol. The SMILES string of the molecule is CC(C)Oc1cncc(-n2cc(N)c(C(N)=O)n2)c1. The van der Waals surface area contributed by atoms with E-state index in [0.29, 0.717) is 11.4 Å². The van der Waals surface area contributed by atoms with Gasteiger partial charge in [-0.25, -0.2) is 4.68 Å². The van der Waals surface area contributed by atoms with Crippen LogP contribution in [-0.2, 0) is 0 Å². The summed E-state index contributed by atoms with van der Waals surface area (Å²) in [7, 11) is 0. The van der Waals surface area contributed by atoms with Crippen LogP contribution in [0.1, 0.15) is 24.3 Å². The van der Waals surface area contributed by atoms with Crippen molar-refractivity contribution in [2.45, 2.75) is 20.0 Å². The first kappa shape index (κ1) is 12.9. The monoisotopic (exact) mass is 261 g/mol. The largest absolute Gasteiger partial charge is 0.489 e. The summed E-state index contributed by atoms with van der Waals surface area (Å²) in [6.07, 6.45) is 4.74. The van der Waals surface area contributed by atoms with E-state index in [1.807, 2.05) is 13.8 Å². The number of pyridine rings is 1. The van der Waals surface area contributed by atoms with Crippen LogP contribution in [0.25, 0.3) is 5.69 Å². The molecule has 2 heterocycles. The number of nitrogen functional groups attached to an aromatic ring is 1. The van der Waals surface area contributed by atoms with E-state index in [1.54, 1.807) is 18.5 Å². The second-order valence-electron chi connectivity index (χ2n) is 4.29. The van der Waals surface area contributed by atoms with Crippen molar-refractivity contribution in [1.82, 2.24) is 14.8 Å². The van der Waals surface area contributed by atoms with E-state index >= 15 is 0 Å². The molecule has 0 aliphatic heterocycles. The summed E-state index contributed by atoms with van der Waals surface area (Å²) in [5.74, 6) is -0.0546. The van der Waals surface area contributed by atoms with Gasteiger partial charge in [-0.2, -0.15) is 5.10 Å². The molecule has 7 heteroatoms. The minimum absolute atomic E-state index is 0.0372.